The van der Waals surface area contributed by atoms with Crippen LogP contribution < -0.4 is 5.32 Å². The normalized spacial score (nSPS) is 11.1. The SMILES string of the molecule is CCCn1c(SCC(=O)Nc2cc(Cl)ccc2Cl)nnc1C(C)C. The van der Waals surface area contributed by atoms with Crippen LogP contribution in [0.15, 0.2) is 23.4 Å². The summed E-state index contributed by atoms with van der Waals surface area (Å²) < 4.78 is 2.08. The molecule has 0 unspecified atom stereocenters. The zero-order chi connectivity index (χ0) is 17.7. The molecule has 130 valence electrons. The maximum atomic E-state index is 12.2. The quantitative estimate of drug-likeness (QED) is 0.690. The van der Waals surface area contributed by atoms with E-state index in [-0.39, 0.29) is 17.6 Å². The first-order chi connectivity index (χ1) is 11.4. The van der Waals surface area contributed by atoms with Crippen molar-refractivity contribution >= 4 is 46.6 Å². The summed E-state index contributed by atoms with van der Waals surface area (Å²) in [5.74, 6) is 1.29. The van der Waals surface area contributed by atoms with E-state index in [9.17, 15) is 4.79 Å². The maximum Gasteiger partial charge on any atom is 0.234 e. The summed E-state index contributed by atoms with van der Waals surface area (Å²) >= 11 is 13.3. The van der Waals surface area contributed by atoms with E-state index >= 15 is 0 Å². The molecule has 0 saturated carbocycles. The summed E-state index contributed by atoms with van der Waals surface area (Å²) in [5.41, 5.74) is 0.507. The van der Waals surface area contributed by atoms with Crippen molar-refractivity contribution in [3.63, 3.8) is 0 Å². The molecule has 1 amide bonds. The van der Waals surface area contributed by atoms with Gasteiger partial charge in [0.25, 0.3) is 0 Å². The van der Waals surface area contributed by atoms with Crippen molar-refractivity contribution in [2.24, 2.45) is 0 Å². The lowest BCUT2D eigenvalue weighted by atomic mass is 10.2. The summed E-state index contributed by atoms with van der Waals surface area (Å²) in [6, 6.07) is 4.96. The van der Waals surface area contributed by atoms with Crippen LogP contribution in [0.2, 0.25) is 10.0 Å². The van der Waals surface area contributed by atoms with Gasteiger partial charge < -0.3 is 9.88 Å². The number of hydrogen-bond acceptors (Lipinski definition) is 4. The molecule has 2 aromatic rings. The second-order valence-corrected chi connectivity index (χ2v) is 7.39. The van der Waals surface area contributed by atoms with Gasteiger partial charge in [0.05, 0.1) is 16.5 Å². The highest BCUT2D eigenvalue weighted by Gasteiger charge is 2.16. The first-order valence-corrected chi connectivity index (χ1v) is 9.47. The van der Waals surface area contributed by atoms with Gasteiger partial charge >= 0.3 is 0 Å². The number of benzene rings is 1. The monoisotopic (exact) mass is 386 g/mol. The standard InChI is InChI=1S/C16H20Cl2N4OS/c1-4-7-22-15(10(2)3)20-21-16(22)24-9-14(23)19-13-8-11(17)5-6-12(13)18/h5-6,8,10H,4,7,9H2,1-3H3,(H,19,23). The van der Waals surface area contributed by atoms with Gasteiger partial charge in [0.2, 0.25) is 5.91 Å². The molecule has 0 aliphatic heterocycles. The summed E-state index contributed by atoms with van der Waals surface area (Å²) in [5, 5.41) is 13.0. The molecule has 24 heavy (non-hydrogen) atoms. The third-order valence-electron chi connectivity index (χ3n) is 3.24. The Morgan fingerprint density at radius 1 is 1.33 bits per heavy atom. The number of rotatable bonds is 7. The summed E-state index contributed by atoms with van der Waals surface area (Å²) in [6.45, 7) is 7.11. The molecule has 0 bridgehead atoms. The number of halogens is 2. The zero-order valence-electron chi connectivity index (χ0n) is 13.8. The molecule has 0 atom stereocenters. The number of nitrogens with one attached hydrogen (secondary N) is 1. The van der Waals surface area contributed by atoms with E-state index in [1.807, 2.05) is 0 Å². The molecule has 1 N–H and O–H groups in total. The van der Waals surface area contributed by atoms with Crippen molar-refractivity contribution in [3.05, 3.63) is 34.1 Å². The van der Waals surface area contributed by atoms with E-state index in [2.05, 4.69) is 40.9 Å². The molecule has 0 aliphatic rings. The Kier molecular flexibility index (Phi) is 6.95. The number of thioether (sulfide) groups is 1. The molecular formula is C16H20Cl2N4OS. The predicted octanol–water partition coefficient (Wildman–Crippen LogP) is 4.85. The number of aromatic nitrogens is 3. The Morgan fingerprint density at radius 3 is 2.75 bits per heavy atom. The number of hydrogen-bond donors (Lipinski definition) is 1. The third kappa shape index (κ3) is 4.88. The highest BCUT2D eigenvalue weighted by molar-refractivity contribution is 7.99. The number of nitrogens with zero attached hydrogens (tertiary/aromatic N) is 3. The minimum absolute atomic E-state index is 0.165. The van der Waals surface area contributed by atoms with E-state index in [1.54, 1.807) is 18.2 Å². The molecule has 2 rings (SSSR count). The van der Waals surface area contributed by atoms with Crippen LogP contribution in [-0.2, 0) is 11.3 Å². The van der Waals surface area contributed by atoms with Gasteiger partial charge in [-0.1, -0.05) is 55.7 Å². The van der Waals surface area contributed by atoms with E-state index < -0.39 is 0 Å². The molecule has 5 nitrogen and oxygen atoms in total. The van der Waals surface area contributed by atoms with E-state index in [1.165, 1.54) is 11.8 Å². The first-order valence-electron chi connectivity index (χ1n) is 7.73. The van der Waals surface area contributed by atoms with Crippen LogP contribution in [0.25, 0.3) is 0 Å². The summed E-state index contributed by atoms with van der Waals surface area (Å²) in [6.07, 6.45) is 0.982. The molecule has 0 saturated heterocycles. The second-order valence-electron chi connectivity index (χ2n) is 5.61. The third-order valence-corrected chi connectivity index (χ3v) is 4.78. The molecule has 1 aromatic heterocycles. The van der Waals surface area contributed by atoms with Crippen molar-refractivity contribution in [2.75, 3.05) is 11.1 Å². The number of amides is 1. The predicted molar refractivity (Wildman–Crippen MR) is 100 cm³/mol. The molecule has 0 fully saturated rings. The van der Waals surface area contributed by atoms with Crippen LogP contribution in [0.1, 0.15) is 38.9 Å². The van der Waals surface area contributed by atoms with Crippen molar-refractivity contribution < 1.29 is 4.79 Å². The first kappa shape index (κ1) is 19.1. The van der Waals surface area contributed by atoms with Gasteiger partial charge in [-0.2, -0.15) is 0 Å². The maximum absolute atomic E-state index is 12.2. The summed E-state index contributed by atoms with van der Waals surface area (Å²) in [7, 11) is 0. The number of carbonyl (C=O) groups excluding carboxylic acids is 1. The van der Waals surface area contributed by atoms with Crippen molar-refractivity contribution in [1.29, 1.82) is 0 Å². The molecule has 0 aliphatic carbocycles. The lowest BCUT2D eigenvalue weighted by Gasteiger charge is -2.11. The van der Waals surface area contributed by atoms with Gasteiger partial charge in [0, 0.05) is 17.5 Å². The second kappa shape index (κ2) is 8.74. The minimum atomic E-state index is -0.165. The van der Waals surface area contributed by atoms with Crippen molar-refractivity contribution in [1.82, 2.24) is 14.8 Å². The summed E-state index contributed by atoms with van der Waals surface area (Å²) in [4.78, 5) is 12.2. The average Bonchev–Trinajstić information content (AvgIpc) is 2.92. The van der Waals surface area contributed by atoms with Gasteiger partial charge in [0.15, 0.2) is 5.16 Å². The molecule has 1 aromatic carbocycles. The van der Waals surface area contributed by atoms with Gasteiger partial charge in [0.1, 0.15) is 5.82 Å². The lowest BCUT2D eigenvalue weighted by Crippen LogP contribution is -2.15. The van der Waals surface area contributed by atoms with Crippen LogP contribution in [0, 0.1) is 0 Å². The molecule has 0 radical (unpaired) electrons. The van der Waals surface area contributed by atoms with Crippen LogP contribution in [0.3, 0.4) is 0 Å². The van der Waals surface area contributed by atoms with E-state index in [0.29, 0.717) is 15.7 Å². The van der Waals surface area contributed by atoms with Crippen molar-refractivity contribution in [3.8, 4) is 0 Å². The van der Waals surface area contributed by atoms with Gasteiger partial charge in [-0.3, -0.25) is 4.79 Å². The average molecular weight is 387 g/mol. The number of anilines is 1. The fraction of sp³-hybridized carbons (Fsp3) is 0.438. The van der Waals surface area contributed by atoms with E-state index in [0.717, 1.165) is 23.9 Å². The Morgan fingerprint density at radius 2 is 2.08 bits per heavy atom. The Balaban J connectivity index is 2.02. The largest absolute Gasteiger partial charge is 0.324 e. The Hall–Kier alpha value is -1.24. The van der Waals surface area contributed by atoms with Crippen LogP contribution in [0.5, 0.6) is 0 Å². The van der Waals surface area contributed by atoms with Crippen LogP contribution in [-0.4, -0.2) is 26.4 Å². The fourth-order valence-corrected chi connectivity index (χ4v) is 3.29. The molecule has 8 heteroatoms. The minimum Gasteiger partial charge on any atom is -0.324 e. The Labute approximate surface area is 156 Å². The molecular weight excluding hydrogens is 367 g/mol. The lowest BCUT2D eigenvalue weighted by molar-refractivity contribution is -0.113. The van der Waals surface area contributed by atoms with Gasteiger partial charge in [-0.25, -0.2) is 0 Å². The zero-order valence-corrected chi connectivity index (χ0v) is 16.2. The van der Waals surface area contributed by atoms with E-state index in [4.69, 9.17) is 23.2 Å². The van der Waals surface area contributed by atoms with Gasteiger partial charge in [-0.15, -0.1) is 10.2 Å². The fourth-order valence-electron chi connectivity index (χ4n) is 2.18. The molecule has 1 heterocycles. The molecule has 0 spiro atoms. The number of carbonyl (C=O) groups is 1. The van der Waals surface area contributed by atoms with Crippen molar-refractivity contribution in [2.45, 2.75) is 44.8 Å². The van der Waals surface area contributed by atoms with Crippen LogP contribution >= 0.6 is 35.0 Å². The van der Waals surface area contributed by atoms with Crippen LogP contribution in [0.4, 0.5) is 5.69 Å². The Bertz CT molecular complexity index is 718. The topological polar surface area (TPSA) is 59.8 Å². The smallest absolute Gasteiger partial charge is 0.234 e. The highest BCUT2D eigenvalue weighted by atomic mass is 35.5. The highest BCUT2D eigenvalue weighted by Crippen LogP contribution is 2.26. The van der Waals surface area contributed by atoms with Gasteiger partial charge in [-0.05, 0) is 24.6 Å².